The maximum absolute atomic E-state index is 13.6. The lowest BCUT2D eigenvalue weighted by atomic mass is 9.93. The monoisotopic (exact) mass is 294 g/mol. The van der Waals surface area contributed by atoms with Gasteiger partial charge in [0, 0.05) is 32.2 Å². The van der Waals surface area contributed by atoms with Gasteiger partial charge < -0.3 is 15.5 Å². The van der Waals surface area contributed by atoms with E-state index in [1.165, 1.54) is 6.07 Å². The molecule has 0 heterocycles. The van der Waals surface area contributed by atoms with Crippen LogP contribution in [0.1, 0.15) is 19.4 Å². The lowest BCUT2D eigenvalue weighted by Crippen LogP contribution is -2.44. The highest BCUT2D eigenvalue weighted by molar-refractivity contribution is 5.79. The first-order valence-electron chi connectivity index (χ1n) is 7.17. The first kappa shape index (κ1) is 17.4. The van der Waals surface area contributed by atoms with Gasteiger partial charge in [-0.2, -0.15) is 0 Å². The summed E-state index contributed by atoms with van der Waals surface area (Å²) in [6.45, 7) is 6.58. The number of hydrogen-bond acceptors (Lipinski definition) is 2. The third kappa shape index (κ3) is 6.58. The highest BCUT2D eigenvalue weighted by Crippen LogP contribution is 2.14. The Balaban J connectivity index is 2.48. The standard InChI is InChI=1S/C16H27FN4/c1-16(2,12-21(4)5)11-20-15(18-3)19-10-13-8-6-7-9-14(13)17/h6-9H,10-12H2,1-5H3,(H2,18,19,20). The summed E-state index contributed by atoms with van der Waals surface area (Å²) in [5.41, 5.74) is 0.757. The number of aliphatic imine (C=N–C) groups is 1. The van der Waals surface area contributed by atoms with Gasteiger partial charge in [0.05, 0.1) is 0 Å². The topological polar surface area (TPSA) is 39.7 Å². The molecule has 0 saturated heterocycles. The average molecular weight is 294 g/mol. The van der Waals surface area contributed by atoms with Crippen molar-refractivity contribution >= 4 is 5.96 Å². The maximum Gasteiger partial charge on any atom is 0.191 e. The number of guanidine groups is 1. The third-order valence-corrected chi connectivity index (χ3v) is 3.11. The lowest BCUT2D eigenvalue weighted by Gasteiger charge is -2.29. The van der Waals surface area contributed by atoms with E-state index in [1.807, 2.05) is 6.07 Å². The fraction of sp³-hybridized carbons (Fsp3) is 0.562. The van der Waals surface area contributed by atoms with Gasteiger partial charge in [-0.25, -0.2) is 4.39 Å². The van der Waals surface area contributed by atoms with Crippen LogP contribution < -0.4 is 10.6 Å². The molecular formula is C16H27FN4. The van der Waals surface area contributed by atoms with Gasteiger partial charge in [0.1, 0.15) is 5.82 Å². The molecule has 1 aromatic rings. The summed E-state index contributed by atoms with van der Waals surface area (Å²) in [6, 6.07) is 6.76. The van der Waals surface area contributed by atoms with E-state index in [9.17, 15) is 4.39 Å². The molecule has 0 spiro atoms. The molecule has 0 aliphatic carbocycles. The molecule has 0 saturated carbocycles. The summed E-state index contributed by atoms with van der Waals surface area (Å²) in [5.74, 6) is 0.485. The van der Waals surface area contributed by atoms with Crippen molar-refractivity contribution in [3.05, 3.63) is 35.6 Å². The number of halogens is 1. The van der Waals surface area contributed by atoms with Gasteiger partial charge in [-0.05, 0) is 25.6 Å². The van der Waals surface area contributed by atoms with Gasteiger partial charge >= 0.3 is 0 Å². The van der Waals surface area contributed by atoms with Crippen LogP contribution in [0.4, 0.5) is 4.39 Å². The molecule has 0 unspecified atom stereocenters. The van der Waals surface area contributed by atoms with Crippen molar-refractivity contribution in [3.63, 3.8) is 0 Å². The Bertz CT molecular complexity index is 469. The Labute approximate surface area is 127 Å². The fourth-order valence-corrected chi connectivity index (χ4v) is 2.28. The van der Waals surface area contributed by atoms with Crippen LogP contribution in [0.5, 0.6) is 0 Å². The Morgan fingerprint density at radius 2 is 1.90 bits per heavy atom. The fourth-order valence-electron chi connectivity index (χ4n) is 2.28. The molecule has 0 aliphatic heterocycles. The minimum Gasteiger partial charge on any atom is -0.356 e. The molecule has 0 atom stereocenters. The second-order valence-electron chi connectivity index (χ2n) is 6.27. The van der Waals surface area contributed by atoms with Crippen molar-refractivity contribution < 1.29 is 4.39 Å². The first-order valence-corrected chi connectivity index (χ1v) is 7.17. The second kappa shape index (κ2) is 7.98. The van der Waals surface area contributed by atoms with E-state index in [0.29, 0.717) is 18.1 Å². The summed E-state index contributed by atoms with van der Waals surface area (Å²) >= 11 is 0. The van der Waals surface area contributed by atoms with E-state index < -0.39 is 0 Å². The molecule has 0 aromatic heterocycles. The van der Waals surface area contributed by atoms with Crippen LogP contribution in [0.2, 0.25) is 0 Å². The van der Waals surface area contributed by atoms with Crippen molar-refractivity contribution in [2.45, 2.75) is 20.4 Å². The van der Waals surface area contributed by atoms with E-state index >= 15 is 0 Å². The predicted octanol–water partition coefficient (Wildman–Crippen LogP) is 2.08. The summed E-state index contributed by atoms with van der Waals surface area (Å²) in [6.07, 6.45) is 0. The van der Waals surface area contributed by atoms with Crippen LogP contribution in [-0.4, -0.2) is 45.1 Å². The Morgan fingerprint density at radius 1 is 1.24 bits per heavy atom. The van der Waals surface area contributed by atoms with Crippen molar-refractivity contribution in [2.75, 3.05) is 34.2 Å². The molecular weight excluding hydrogens is 267 g/mol. The van der Waals surface area contributed by atoms with E-state index in [2.05, 4.69) is 48.5 Å². The zero-order valence-electron chi connectivity index (χ0n) is 13.7. The number of hydrogen-bond donors (Lipinski definition) is 2. The van der Waals surface area contributed by atoms with E-state index in [1.54, 1.807) is 19.2 Å². The van der Waals surface area contributed by atoms with E-state index in [0.717, 1.165) is 13.1 Å². The van der Waals surface area contributed by atoms with Crippen molar-refractivity contribution in [2.24, 2.45) is 10.4 Å². The lowest BCUT2D eigenvalue weighted by molar-refractivity contribution is 0.241. The van der Waals surface area contributed by atoms with E-state index in [4.69, 9.17) is 0 Å². The molecule has 0 aliphatic rings. The molecule has 0 radical (unpaired) electrons. The summed E-state index contributed by atoms with van der Waals surface area (Å²) < 4.78 is 13.6. The molecule has 118 valence electrons. The zero-order valence-corrected chi connectivity index (χ0v) is 13.7. The first-order chi connectivity index (χ1) is 9.84. The zero-order chi connectivity index (χ0) is 15.9. The largest absolute Gasteiger partial charge is 0.356 e. The van der Waals surface area contributed by atoms with Gasteiger partial charge in [-0.1, -0.05) is 32.0 Å². The van der Waals surface area contributed by atoms with Crippen LogP contribution in [-0.2, 0) is 6.54 Å². The van der Waals surface area contributed by atoms with Gasteiger partial charge in [0.15, 0.2) is 5.96 Å². The number of nitrogens with one attached hydrogen (secondary N) is 2. The van der Waals surface area contributed by atoms with Crippen molar-refractivity contribution in [1.29, 1.82) is 0 Å². The average Bonchev–Trinajstić information content (AvgIpc) is 2.39. The van der Waals surface area contributed by atoms with Crippen LogP contribution in [0.3, 0.4) is 0 Å². The van der Waals surface area contributed by atoms with Gasteiger partial charge in [0.2, 0.25) is 0 Å². The molecule has 0 bridgehead atoms. The van der Waals surface area contributed by atoms with Gasteiger partial charge in [-0.15, -0.1) is 0 Å². The molecule has 2 N–H and O–H groups in total. The Morgan fingerprint density at radius 3 is 2.48 bits per heavy atom. The quantitative estimate of drug-likeness (QED) is 0.623. The van der Waals surface area contributed by atoms with E-state index in [-0.39, 0.29) is 11.2 Å². The normalized spacial score (nSPS) is 12.6. The minimum absolute atomic E-state index is 0.124. The molecule has 1 aromatic carbocycles. The van der Waals surface area contributed by atoms with Gasteiger partial charge in [0.25, 0.3) is 0 Å². The SMILES string of the molecule is CN=C(NCc1ccccc1F)NCC(C)(C)CN(C)C. The Hall–Kier alpha value is -1.62. The summed E-state index contributed by atoms with van der Waals surface area (Å²) in [4.78, 5) is 6.34. The van der Waals surface area contributed by atoms with Crippen LogP contribution in [0.25, 0.3) is 0 Å². The van der Waals surface area contributed by atoms with Crippen LogP contribution in [0.15, 0.2) is 29.3 Å². The molecule has 0 amide bonds. The number of nitrogens with zero attached hydrogens (tertiary/aromatic N) is 2. The van der Waals surface area contributed by atoms with Crippen LogP contribution in [0, 0.1) is 11.2 Å². The second-order valence-corrected chi connectivity index (χ2v) is 6.27. The molecule has 5 heteroatoms. The smallest absolute Gasteiger partial charge is 0.191 e. The summed E-state index contributed by atoms with van der Waals surface area (Å²) in [5, 5.41) is 6.43. The molecule has 1 rings (SSSR count). The predicted molar refractivity (Wildman–Crippen MR) is 86.9 cm³/mol. The van der Waals surface area contributed by atoms with Crippen molar-refractivity contribution in [1.82, 2.24) is 15.5 Å². The Kier molecular flexibility index (Phi) is 6.62. The van der Waals surface area contributed by atoms with Crippen LogP contribution >= 0.6 is 0 Å². The molecule has 21 heavy (non-hydrogen) atoms. The maximum atomic E-state index is 13.6. The van der Waals surface area contributed by atoms with Crippen molar-refractivity contribution in [3.8, 4) is 0 Å². The minimum atomic E-state index is -0.201. The molecule has 4 nitrogen and oxygen atoms in total. The summed E-state index contributed by atoms with van der Waals surface area (Å²) in [7, 11) is 5.84. The number of rotatable bonds is 6. The van der Waals surface area contributed by atoms with Gasteiger partial charge in [-0.3, -0.25) is 4.99 Å². The number of benzene rings is 1. The third-order valence-electron chi connectivity index (χ3n) is 3.11. The molecule has 0 fully saturated rings. The highest BCUT2D eigenvalue weighted by Gasteiger charge is 2.19. The highest BCUT2D eigenvalue weighted by atomic mass is 19.1.